The normalized spacial score (nSPS) is 9.67. The average Bonchev–Trinajstić information content (AvgIpc) is 2.24. The van der Waals surface area contributed by atoms with Crippen LogP contribution in [0.4, 0.5) is 0 Å². The molecule has 0 N–H and O–H groups in total. The summed E-state index contributed by atoms with van der Waals surface area (Å²) in [6.45, 7) is 9.95. The second-order valence-corrected chi connectivity index (χ2v) is 4.80. The summed E-state index contributed by atoms with van der Waals surface area (Å²) < 4.78 is 11.2. The Hall–Kier alpha value is 0.0662. The smallest absolute Gasteiger partial charge is 1.00 e. The fraction of sp³-hybridized carbons (Fsp3) is 0.571. The van der Waals surface area contributed by atoms with E-state index in [1.165, 1.54) is 0 Å². The maximum absolute atomic E-state index is 5.61. The van der Waals surface area contributed by atoms with E-state index < -0.39 is 0 Å². The summed E-state index contributed by atoms with van der Waals surface area (Å²) in [6.07, 6.45) is 0. The van der Waals surface area contributed by atoms with Crippen molar-refractivity contribution in [2.75, 3.05) is 13.2 Å². The molecule has 4 heteroatoms. The molecule has 1 aromatic rings. The number of ether oxygens (including phenoxy) is 2. The molecule has 0 unspecified atom stereocenters. The van der Waals surface area contributed by atoms with Crippen LogP contribution in [-0.4, -0.2) is 36.3 Å². The molecule has 0 aromatic heterocycles. The minimum absolute atomic E-state index is 0. The Morgan fingerprint density at radius 3 is 2.17 bits per heavy atom. The Bertz CT molecular complexity index is 289. The van der Waals surface area contributed by atoms with Gasteiger partial charge in [-0.15, -0.1) is 12.1 Å². The van der Waals surface area contributed by atoms with Crippen molar-refractivity contribution in [3.63, 3.8) is 0 Å². The molecule has 98 valence electrons. The van der Waals surface area contributed by atoms with Crippen molar-refractivity contribution in [1.82, 2.24) is 0 Å². The van der Waals surface area contributed by atoms with E-state index in [9.17, 15) is 0 Å². The SMILES string of the molecule is CC(C)COc1[c-]ccc(OCC(C)C)c1.[Br-].[Mg+2]. The van der Waals surface area contributed by atoms with Crippen molar-refractivity contribution in [3.05, 3.63) is 24.3 Å². The molecular formula is C14H21BrMgO2. The third-order valence-corrected chi connectivity index (χ3v) is 1.90. The van der Waals surface area contributed by atoms with Gasteiger partial charge in [-0.3, -0.25) is 0 Å². The maximum atomic E-state index is 5.61. The van der Waals surface area contributed by atoms with E-state index in [0.717, 1.165) is 18.1 Å². The quantitative estimate of drug-likeness (QED) is 0.549. The van der Waals surface area contributed by atoms with Gasteiger partial charge in [-0.25, -0.2) is 0 Å². The number of hydrogen-bond donors (Lipinski definition) is 0. The molecule has 0 saturated carbocycles. The van der Waals surface area contributed by atoms with Gasteiger partial charge in [0.1, 0.15) is 0 Å². The number of benzene rings is 1. The van der Waals surface area contributed by atoms with Gasteiger partial charge in [0.25, 0.3) is 0 Å². The Morgan fingerprint density at radius 2 is 1.61 bits per heavy atom. The van der Waals surface area contributed by atoms with Crippen LogP contribution in [0.15, 0.2) is 18.2 Å². The zero-order valence-corrected chi connectivity index (χ0v) is 14.7. The molecule has 0 atom stereocenters. The second kappa shape index (κ2) is 10.9. The fourth-order valence-corrected chi connectivity index (χ4v) is 1.12. The van der Waals surface area contributed by atoms with Crippen molar-refractivity contribution in [2.45, 2.75) is 27.7 Å². The molecule has 0 radical (unpaired) electrons. The van der Waals surface area contributed by atoms with Crippen LogP contribution in [0.3, 0.4) is 0 Å². The largest absolute Gasteiger partial charge is 2.00 e. The van der Waals surface area contributed by atoms with Crippen molar-refractivity contribution in [2.24, 2.45) is 11.8 Å². The molecule has 0 spiro atoms. The first-order valence-corrected chi connectivity index (χ1v) is 5.85. The van der Waals surface area contributed by atoms with Crippen molar-refractivity contribution in [1.29, 1.82) is 0 Å². The molecule has 0 aliphatic carbocycles. The minimum atomic E-state index is 0. The summed E-state index contributed by atoms with van der Waals surface area (Å²) in [4.78, 5) is 0. The Labute approximate surface area is 137 Å². The van der Waals surface area contributed by atoms with Crippen LogP contribution < -0.4 is 26.5 Å². The molecular weight excluding hydrogens is 304 g/mol. The number of hydrogen-bond acceptors (Lipinski definition) is 2. The van der Waals surface area contributed by atoms with E-state index in [-0.39, 0.29) is 40.0 Å². The third kappa shape index (κ3) is 9.06. The van der Waals surface area contributed by atoms with Gasteiger partial charge >= 0.3 is 23.1 Å². The Morgan fingerprint density at radius 1 is 1.06 bits per heavy atom. The van der Waals surface area contributed by atoms with Gasteiger partial charge in [-0.05, 0) is 11.8 Å². The van der Waals surface area contributed by atoms with E-state index >= 15 is 0 Å². The van der Waals surface area contributed by atoms with Crippen LogP contribution >= 0.6 is 0 Å². The van der Waals surface area contributed by atoms with E-state index in [2.05, 4.69) is 33.8 Å². The number of halogens is 1. The molecule has 0 aliphatic rings. The molecule has 0 aliphatic heterocycles. The second-order valence-electron chi connectivity index (χ2n) is 4.80. The molecule has 2 nitrogen and oxygen atoms in total. The van der Waals surface area contributed by atoms with Crippen LogP contribution in [-0.2, 0) is 0 Å². The molecule has 0 amide bonds. The maximum Gasteiger partial charge on any atom is 2.00 e. The van der Waals surface area contributed by atoms with E-state index in [0.29, 0.717) is 18.4 Å². The van der Waals surface area contributed by atoms with Crippen LogP contribution in [0.25, 0.3) is 0 Å². The number of rotatable bonds is 6. The van der Waals surface area contributed by atoms with Crippen molar-refractivity contribution in [3.8, 4) is 11.5 Å². The zero-order valence-electron chi connectivity index (χ0n) is 11.7. The molecule has 1 aromatic carbocycles. The van der Waals surface area contributed by atoms with E-state index in [4.69, 9.17) is 9.47 Å². The molecule has 0 bridgehead atoms. The van der Waals surface area contributed by atoms with E-state index in [1.807, 2.05) is 18.2 Å². The van der Waals surface area contributed by atoms with Crippen LogP contribution in [0, 0.1) is 17.9 Å². The minimum Gasteiger partial charge on any atom is -1.00 e. The summed E-state index contributed by atoms with van der Waals surface area (Å²) in [5.74, 6) is 2.67. The standard InChI is InChI=1S/C14H21O2.BrH.Mg/c1-11(2)9-15-13-6-5-7-14(8-13)16-10-12(3)4;;/h5-6,8,11-12H,9-10H2,1-4H3;1H;/q-1;;+2/p-1. The van der Waals surface area contributed by atoms with Gasteiger partial charge < -0.3 is 26.5 Å². The molecule has 1 rings (SSSR count). The summed E-state index contributed by atoms with van der Waals surface area (Å²) in [6, 6.07) is 8.69. The zero-order chi connectivity index (χ0) is 12.0. The molecule has 0 fully saturated rings. The molecule has 0 heterocycles. The van der Waals surface area contributed by atoms with Gasteiger partial charge in [0.2, 0.25) is 0 Å². The average molecular weight is 326 g/mol. The molecule has 18 heavy (non-hydrogen) atoms. The van der Waals surface area contributed by atoms with Gasteiger partial charge in [0.15, 0.2) is 0 Å². The predicted molar refractivity (Wildman–Crippen MR) is 71.7 cm³/mol. The first-order chi connectivity index (χ1) is 7.58. The molecule has 0 saturated heterocycles. The monoisotopic (exact) mass is 324 g/mol. The first kappa shape index (κ1) is 20.4. The van der Waals surface area contributed by atoms with Crippen LogP contribution in [0.1, 0.15) is 27.7 Å². The summed E-state index contributed by atoms with van der Waals surface area (Å²) in [5.41, 5.74) is 0. The summed E-state index contributed by atoms with van der Waals surface area (Å²) >= 11 is 0. The van der Waals surface area contributed by atoms with Crippen molar-refractivity contribution < 1.29 is 26.5 Å². The first-order valence-electron chi connectivity index (χ1n) is 5.85. The Kier molecular flexibility index (Phi) is 12.4. The van der Waals surface area contributed by atoms with Crippen molar-refractivity contribution >= 4 is 23.1 Å². The van der Waals surface area contributed by atoms with E-state index in [1.54, 1.807) is 0 Å². The van der Waals surface area contributed by atoms with Gasteiger partial charge in [0, 0.05) is 11.5 Å². The topological polar surface area (TPSA) is 18.5 Å². The van der Waals surface area contributed by atoms with Gasteiger partial charge in [-0.2, -0.15) is 6.07 Å². The third-order valence-electron chi connectivity index (χ3n) is 1.90. The summed E-state index contributed by atoms with van der Waals surface area (Å²) in [7, 11) is 0. The van der Waals surface area contributed by atoms with Crippen LogP contribution in [0.2, 0.25) is 0 Å². The fourth-order valence-electron chi connectivity index (χ4n) is 1.12. The van der Waals surface area contributed by atoms with Crippen LogP contribution in [0.5, 0.6) is 11.5 Å². The predicted octanol–water partition coefficient (Wildman–Crippen LogP) is 0.180. The van der Waals surface area contributed by atoms with Gasteiger partial charge in [0.05, 0.1) is 13.2 Å². The summed E-state index contributed by atoms with van der Waals surface area (Å²) in [5, 5.41) is 0. The Balaban J connectivity index is 0. The van der Waals surface area contributed by atoms with Gasteiger partial charge in [-0.1, -0.05) is 33.8 Å².